The molecule has 2 amide bonds. The molecule has 0 aliphatic carbocycles. The number of hydrogen-bond acceptors (Lipinski definition) is 6. The van der Waals surface area contributed by atoms with Gasteiger partial charge in [-0.15, -0.1) is 4.48 Å². The van der Waals surface area contributed by atoms with Gasteiger partial charge < -0.3 is 14.2 Å². The summed E-state index contributed by atoms with van der Waals surface area (Å²) in [5, 5.41) is 8.90. The Balaban J connectivity index is 1.75. The highest BCUT2D eigenvalue weighted by atomic mass is 16.6. The Hall–Kier alpha value is -3.37. The quantitative estimate of drug-likeness (QED) is 0.727. The summed E-state index contributed by atoms with van der Waals surface area (Å²) < 4.78 is 15.8. The molecule has 29 heavy (non-hydrogen) atoms. The number of nitrogens with zero attached hydrogens (tertiary/aromatic N) is 2. The zero-order valence-corrected chi connectivity index (χ0v) is 16.4. The molecule has 0 unspecified atom stereocenters. The minimum Gasteiger partial charge on any atom is -0.484 e. The van der Waals surface area contributed by atoms with Gasteiger partial charge in [-0.05, 0) is 36.8 Å². The van der Waals surface area contributed by atoms with Gasteiger partial charge in [0, 0.05) is 6.42 Å². The van der Waals surface area contributed by atoms with E-state index in [1.54, 1.807) is 24.3 Å². The van der Waals surface area contributed by atoms with Gasteiger partial charge in [-0.1, -0.05) is 30.3 Å². The lowest BCUT2D eigenvalue weighted by atomic mass is 10.2. The van der Waals surface area contributed by atoms with Crippen molar-refractivity contribution in [3.63, 3.8) is 0 Å². The van der Waals surface area contributed by atoms with Gasteiger partial charge in [-0.2, -0.15) is 14.9 Å². The fraction of sp³-hybridized carbons (Fsp3) is 0.318. The number of likely N-dealkylation sites (tertiary alicyclic amines) is 1. The molecule has 2 aromatic rings. The summed E-state index contributed by atoms with van der Waals surface area (Å²) in [6.07, 6.45) is -1.21. The molecule has 0 saturated carbocycles. The minimum absolute atomic E-state index is 0.0739. The van der Waals surface area contributed by atoms with Crippen molar-refractivity contribution in [2.45, 2.75) is 32.1 Å². The van der Waals surface area contributed by atoms with Crippen LogP contribution in [-0.4, -0.2) is 42.5 Å². The lowest BCUT2D eigenvalue weighted by molar-refractivity contribution is -0.797. The summed E-state index contributed by atoms with van der Waals surface area (Å²) in [7, 11) is 1.26. The molecule has 0 bridgehead atoms. The number of hydrogen-bond donors (Lipinski definition) is 0. The third-order valence-corrected chi connectivity index (χ3v) is 5.17. The molecule has 0 radical (unpaired) electrons. The van der Waals surface area contributed by atoms with E-state index < -0.39 is 16.7 Å². The smallest absolute Gasteiger partial charge is 0.484 e. The second kappa shape index (κ2) is 8.76. The molecular formula is C22H23N2O5+. The molecule has 3 atom stereocenters. The summed E-state index contributed by atoms with van der Waals surface area (Å²) in [5.41, 5.74) is 1.36. The van der Waals surface area contributed by atoms with Gasteiger partial charge >= 0.3 is 12.2 Å². The van der Waals surface area contributed by atoms with Crippen molar-refractivity contribution in [3.05, 3.63) is 65.7 Å². The van der Waals surface area contributed by atoms with E-state index in [0.29, 0.717) is 17.7 Å². The Kier molecular flexibility index (Phi) is 6.15. The standard InChI is InChI=1S/C22H23N2O5/c1-16-12-20(29-19-10-8-17(13-23)9-11-19)14-24(16,21(25)27-2)22(26)28-15-18-6-4-3-5-7-18/h3-11,16,20H,12,14-15H2,1-2H3/q+1/t16-,20-,24+/m1/s1. The Morgan fingerprint density at radius 2 is 1.79 bits per heavy atom. The highest BCUT2D eigenvalue weighted by Gasteiger charge is 2.59. The number of ether oxygens (including phenoxy) is 3. The van der Waals surface area contributed by atoms with Gasteiger partial charge in [0.2, 0.25) is 0 Å². The summed E-state index contributed by atoms with van der Waals surface area (Å²) >= 11 is 0. The van der Waals surface area contributed by atoms with Crippen LogP contribution in [0.2, 0.25) is 0 Å². The highest BCUT2D eigenvalue weighted by molar-refractivity contribution is 5.77. The van der Waals surface area contributed by atoms with Gasteiger partial charge in [0.05, 0.1) is 18.7 Å². The summed E-state index contributed by atoms with van der Waals surface area (Å²) in [6, 6.07) is 17.7. The number of rotatable bonds is 4. The molecule has 0 N–H and O–H groups in total. The van der Waals surface area contributed by atoms with Crippen LogP contribution in [0, 0.1) is 11.3 Å². The maximum absolute atomic E-state index is 13.0. The zero-order valence-electron chi connectivity index (χ0n) is 16.4. The molecule has 7 heteroatoms. The van der Waals surface area contributed by atoms with Crippen molar-refractivity contribution >= 4 is 12.2 Å². The number of carbonyl (C=O) groups is 2. The molecular weight excluding hydrogens is 372 g/mol. The maximum Gasteiger partial charge on any atom is 0.527 e. The molecule has 1 fully saturated rings. The first-order valence-corrected chi connectivity index (χ1v) is 9.34. The van der Waals surface area contributed by atoms with Crippen LogP contribution in [0.4, 0.5) is 9.59 Å². The van der Waals surface area contributed by atoms with E-state index in [9.17, 15) is 9.59 Å². The molecule has 7 nitrogen and oxygen atoms in total. The second-order valence-electron chi connectivity index (χ2n) is 7.02. The van der Waals surface area contributed by atoms with Crippen LogP contribution in [0.1, 0.15) is 24.5 Å². The fourth-order valence-electron chi connectivity index (χ4n) is 3.60. The van der Waals surface area contributed by atoms with Crippen LogP contribution in [-0.2, 0) is 16.1 Å². The molecule has 0 spiro atoms. The van der Waals surface area contributed by atoms with Crippen molar-refractivity contribution in [2.75, 3.05) is 13.7 Å². The Morgan fingerprint density at radius 3 is 2.41 bits per heavy atom. The van der Waals surface area contributed by atoms with Crippen LogP contribution in [0.5, 0.6) is 5.75 Å². The summed E-state index contributed by atoms with van der Waals surface area (Å²) in [4.78, 5) is 25.6. The van der Waals surface area contributed by atoms with Gasteiger partial charge in [0.1, 0.15) is 24.9 Å². The van der Waals surface area contributed by atoms with Crippen LogP contribution in [0.25, 0.3) is 0 Å². The van der Waals surface area contributed by atoms with Gasteiger partial charge in [0.25, 0.3) is 0 Å². The number of methoxy groups -OCH3 is 1. The van der Waals surface area contributed by atoms with Gasteiger partial charge in [0.15, 0.2) is 6.10 Å². The van der Waals surface area contributed by atoms with Crippen LogP contribution < -0.4 is 4.74 Å². The van der Waals surface area contributed by atoms with Gasteiger partial charge in [-0.3, -0.25) is 0 Å². The number of amides is 2. The average molecular weight is 395 g/mol. The number of nitriles is 1. The van der Waals surface area contributed by atoms with E-state index in [4.69, 9.17) is 19.5 Å². The minimum atomic E-state index is -0.665. The first kappa shape index (κ1) is 20.4. The molecule has 1 saturated heterocycles. The van der Waals surface area contributed by atoms with E-state index in [1.807, 2.05) is 37.3 Å². The Labute approximate surface area is 169 Å². The van der Waals surface area contributed by atoms with Crippen LogP contribution >= 0.6 is 0 Å². The Bertz CT molecular complexity index is 907. The largest absolute Gasteiger partial charge is 0.527 e. The van der Waals surface area contributed by atoms with Crippen LogP contribution in [0.15, 0.2) is 54.6 Å². The maximum atomic E-state index is 13.0. The molecule has 150 valence electrons. The summed E-state index contributed by atoms with van der Waals surface area (Å²) in [6.45, 7) is 1.99. The predicted molar refractivity (Wildman–Crippen MR) is 104 cm³/mol. The zero-order chi connectivity index (χ0) is 20.9. The lowest BCUT2D eigenvalue weighted by Crippen LogP contribution is -2.59. The average Bonchev–Trinajstić information content (AvgIpc) is 3.09. The lowest BCUT2D eigenvalue weighted by Gasteiger charge is -2.29. The number of benzene rings is 2. The molecule has 1 aliphatic heterocycles. The first-order valence-electron chi connectivity index (χ1n) is 9.34. The van der Waals surface area contributed by atoms with Crippen molar-refractivity contribution < 1.29 is 28.3 Å². The Morgan fingerprint density at radius 1 is 1.10 bits per heavy atom. The molecule has 1 heterocycles. The SMILES string of the molecule is COC(=O)[N@+]1(C(=O)OCc2ccccc2)C[C@H](Oc2ccc(C#N)cc2)C[C@H]1C. The third kappa shape index (κ3) is 4.23. The van der Waals surface area contributed by atoms with Crippen molar-refractivity contribution in [3.8, 4) is 11.8 Å². The van der Waals surface area contributed by atoms with E-state index in [2.05, 4.69) is 6.07 Å². The van der Waals surface area contributed by atoms with Crippen molar-refractivity contribution in [1.82, 2.24) is 0 Å². The van der Waals surface area contributed by atoms with E-state index >= 15 is 0 Å². The topological polar surface area (TPSA) is 85.6 Å². The molecule has 1 aliphatic rings. The van der Waals surface area contributed by atoms with Crippen molar-refractivity contribution in [2.24, 2.45) is 0 Å². The fourth-order valence-corrected chi connectivity index (χ4v) is 3.60. The third-order valence-electron chi connectivity index (χ3n) is 5.17. The summed E-state index contributed by atoms with van der Waals surface area (Å²) in [5.74, 6) is 0.573. The predicted octanol–water partition coefficient (Wildman–Crippen LogP) is 4.02. The molecule has 0 aromatic heterocycles. The molecule has 2 aromatic carbocycles. The first-order chi connectivity index (χ1) is 14.0. The number of imide groups is 1. The van der Waals surface area contributed by atoms with Crippen molar-refractivity contribution in [1.29, 1.82) is 5.26 Å². The normalized spacial score (nSPS) is 23.1. The molecule has 3 rings (SSSR count). The van der Waals surface area contributed by atoms with E-state index in [-0.39, 0.29) is 25.3 Å². The van der Waals surface area contributed by atoms with Crippen LogP contribution in [0.3, 0.4) is 0 Å². The number of carbonyl (C=O) groups excluding carboxylic acids is 2. The number of quaternary nitrogens is 1. The van der Waals surface area contributed by atoms with E-state index in [0.717, 1.165) is 5.56 Å². The highest BCUT2D eigenvalue weighted by Crippen LogP contribution is 2.33. The van der Waals surface area contributed by atoms with Gasteiger partial charge in [-0.25, -0.2) is 0 Å². The second-order valence-corrected chi connectivity index (χ2v) is 7.02. The monoisotopic (exact) mass is 395 g/mol. The van der Waals surface area contributed by atoms with E-state index in [1.165, 1.54) is 7.11 Å².